The first kappa shape index (κ1) is 31.3. The van der Waals surface area contributed by atoms with Crippen LogP contribution in [0.4, 0.5) is 0 Å². The van der Waals surface area contributed by atoms with E-state index in [1.54, 1.807) is 32.6 Å². The fourth-order valence-corrected chi connectivity index (χ4v) is 7.21. The van der Waals surface area contributed by atoms with Crippen molar-refractivity contribution in [3.05, 3.63) is 0 Å². The van der Waals surface area contributed by atoms with Crippen LogP contribution in [0, 0.1) is 11.8 Å². The summed E-state index contributed by atoms with van der Waals surface area (Å²) < 4.78 is 36.5. The average molecular weight is 573 g/mol. The van der Waals surface area contributed by atoms with E-state index in [0.717, 1.165) is 38.4 Å². The van der Waals surface area contributed by atoms with E-state index in [0.29, 0.717) is 6.42 Å². The van der Waals surface area contributed by atoms with Gasteiger partial charge in [-0.15, -0.1) is 0 Å². The SMILES string of the molecule is COC(=O)C1CN(S(C)(=O)=O)C2CCN(C(=O)C(NC(=O)C(C)NCC(=O)OC(C)(C)C)C3CCCCC3)C12. The lowest BCUT2D eigenvalue weighted by Gasteiger charge is -2.36. The van der Waals surface area contributed by atoms with Crippen molar-refractivity contribution >= 4 is 33.8 Å². The van der Waals surface area contributed by atoms with Crippen molar-refractivity contribution in [3.63, 3.8) is 0 Å². The number of likely N-dealkylation sites (tertiary alicyclic amines) is 1. The fraction of sp³-hybridized carbons (Fsp3) is 0.846. The first-order chi connectivity index (χ1) is 18.1. The Bertz CT molecular complexity index is 1040. The van der Waals surface area contributed by atoms with E-state index in [4.69, 9.17) is 9.47 Å². The highest BCUT2D eigenvalue weighted by Gasteiger charge is 2.56. The first-order valence-corrected chi connectivity index (χ1v) is 15.6. The third-order valence-electron chi connectivity index (χ3n) is 7.84. The summed E-state index contributed by atoms with van der Waals surface area (Å²) in [5, 5.41) is 5.79. The Morgan fingerprint density at radius 3 is 2.26 bits per heavy atom. The molecule has 5 atom stereocenters. The summed E-state index contributed by atoms with van der Waals surface area (Å²) >= 11 is 0. The van der Waals surface area contributed by atoms with E-state index in [2.05, 4.69) is 10.6 Å². The smallest absolute Gasteiger partial charge is 0.320 e. The number of carbonyl (C=O) groups excluding carboxylic acids is 4. The largest absolute Gasteiger partial charge is 0.469 e. The van der Waals surface area contributed by atoms with Crippen LogP contribution >= 0.6 is 0 Å². The number of rotatable bonds is 9. The molecular weight excluding hydrogens is 528 g/mol. The number of hydrogen-bond donors (Lipinski definition) is 2. The van der Waals surface area contributed by atoms with E-state index >= 15 is 0 Å². The molecule has 3 aliphatic rings. The molecule has 0 aromatic carbocycles. The Labute approximate surface area is 231 Å². The molecule has 0 spiro atoms. The van der Waals surface area contributed by atoms with Gasteiger partial charge >= 0.3 is 11.9 Å². The number of amides is 2. The second-order valence-corrected chi connectivity index (χ2v) is 13.8. The molecular formula is C26H44N4O8S. The zero-order valence-corrected chi connectivity index (χ0v) is 24.7. The predicted molar refractivity (Wildman–Crippen MR) is 143 cm³/mol. The lowest BCUT2D eigenvalue weighted by molar-refractivity contribution is -0.154. The number of esters is 2. The fourth-order valence-electron chi connectivity index (χ4n) is 6.05. The van der Waals surface area contributed by atoms with Crippen LogP contribution in [0.1, 0.15) is 66.2 Å². The van der Waals surface area contributed by atoms with Crippen molar-refractivity contribution < 1.29 is 37.1 Å². The molecule has 1 saturated carbocycles. The van der Waals surface area contributed by atoms with Crippen LogP contribution in [0.2, 0.25) is 0 Å². The van der Waals surface area contributed by atoms with Crippen LogP contribution < -0.4 is 10.6 Å². The standard InChI is InChI=1S/C26H44N4O8S/c1-16(27-14-20(31)38-26(2,3)4)23(32)28-21(17-10-8-7-9-11-17)24(33)29-13-12-19-22(29)18(25(34)37-5)15-30(19)39(6,35)36/h16-19,21-22,27H,7-15H2,1-6H3,(H,28,32). The van der Waals surface area contributed by atoms with Crippen molar-refractivity contribution in [2.75, 3.05) is 33.0 Å². The summed E-state index contributed by atoms with van der Waals surface area (Å²) in [6.07, 6.45) is 5.98. The van der Waals surface area contributed by atoms with Crippen molar-refractivity contribution in [2.45, 2.75) is 96.0 Å². The highest BCUT2D eigenvalue weighted by molar-refractivity contribution is 7.88. The maximum Gasteiger partial charge on any atom is 0.320 e. The van der Waals surface area contributed by atoms with E-state index in [1.165, 1.54) is 11.4 Å². The molecule has 3 fully saturated rings. The van der Waals surface area contributed by atoms with E-state index < -0.39 is 63.6 Å². The second-order valence-electron chi connectivity index (χ2n) is 11.9. The van der Waals surface area contributed by atoms with Gasteiger partial charge in [-0.3, -0.25) is 24.5 Å². The molecule has 5 unspecified atom stereocenters. The highest BCUT2D eigenvalue weighted by atomic mass is 32.2. The van der Waals surface area contributed by atoms with Crippen molar-refractivity contribution in [3.8, 4) is 0 Å². The van der Waals surface area contributed by atoms with E-state index in [-0.39, 0.29) is 31.5 Å². The molecule has 0 bridgehead atoms. The van der Waals surface area contributed by atoms with Crippen molar-refractivity contribution in [1.29, 1.82) is 0 Å². The van der Waals surface area contributed by atoms with Gasteiger partial charge in [0.2, 0.25) is 21.8 Å². The monoisotopic (exact) mass is 572 g/mol. The Morgan fingerprint density at radius 1 is 1.05 bits per heavy atom. The van der Waals surface area contributed by atoms with Gasteiger partial charge in [0.05, 0.1) is 37.9 Å². The van der Waals surface area contributed by atoms with Gasteiger partial charge in [0.1, 0.15) is 11.6 Å². The molecule has 39 heavy (non-hydrogen) atoms. The number of methoxy groups -OCH3 is 1. The van der Waals surface area contributed by atoms with Gasteiger partial charge in [-0.05, 0) is 52.9 Å². The summed E-state index contributed by atoms with van der Waals surface area (Å²) in [5.41, 5.74) is -0.647. The number of nitrogens with one attached hydrogen (secondary N) is 2. The quantitative estimate of drug-likeness (QED) is 0.374. The molecule has 2 amide bonds. The number of fused-ring (bicyclic) bond motifs is 1. The Balaban J connectivity index is 1.78. The first-order valence-electron chi connectivity index (χ1n) is 13.7. The molecule has 3 rings (SSSR count). The Morgan fingerprint density at radius 2 is 1.69 bits per heavy atom. The maximum atomic E-state index is 14.1. The molecule has 13 heteroatoms. The number of nitrogens with zero attached hydrogens (tertiary/aromatic N) is 2. The molecule has 222 valence electrons. The lowest BCUT2D eigenvalue weighted by Crippen LogP contribution is -2.58. The molecule has 2 saturated heterocycles. The van der Waals surface area contributed by atoms with Gasteiger partial charge in [0, 0.05) is 19.1 Å². The van der Waals surface area contributed by atoms with Gasteiger partial charge in [0.25, 0.3) is 0 Å². The number of hydrogen-bond acceptors (Lipinski definition) is 9. The van der Waals surface area contributed by atoms with Gasteiger partial charge in [-0.25, -0.2) is 8.42 Å². The van der Waals surface area contributed by atoms with Crippen LogP contribution in [0.15, 0.2) is 0 Å². The van der Waals surface area contributed by atoms with Crippen LogP contribution in [0.5, 0.6) is 0 Å². The third-order valence-corrected chi connectivity index (χ3v) is 9.11. The summed E-state index contributed by atoms with van der Waals surface area (Å²) in [6, 6.07) is -2.78. The van der Waals surface area contributed by atoms with Crippen LogP contribution in [0.25, 0.3) is 0 Å². The van der Waals surface area contributed by atoms with Crippen LogP contribution in [-0.4, -0.2) is 104 Å². The van der Waals surface area contributed by atoms with Crippen molar-refractivity contribution in [1.82, 2.24) is 19.8 Å². The molecule has 12 nitrogen and oxygen atoms in total. The summed E-state index contributed by atoms with van der Waals surface area (Å²) in [5.74, 6) is -2.68. The molecule has 0 radical (unpaired) electrons. The lowest BCUT2D eigenvalue weighted by atomic mass is 9.83. The minimum atomic E-state index is -3.60. The highest BCUT2D eigenvalue weighted by Crippen LogP contribution is 2.39. The number of carbonyl (C=O) groups is 4. The number of ether oxygens (including phenoxy) is 2. The normalized spacial score (nSPS) is 26.0. The van der Waals surface area contributed by atoms with Gasteiger partial charge in [0.15, 0.2) is 0 Å². The van der Waals surface area contributed by atoms with Crippen LogP contribution in [-0.2, 0) is 38.7 Å². The summed E-state index contributed by atoms with van der Waals surface area (Å²) in [4.78, 5) is 53.6. The minimum absolute atomic E-state index is 0.0449. The van der Waals surface area contributed by atoms with Crippen molar-refractivity contribution in [2.24, 2.45) is 11.8 Å². The molecule has 2 N–H and O–H groups in total. The average Bonchev–Trinajstić information content (AvgIpc) is 3.45. The van der Waals surface area contributed by atoms with Gasteiger partial charge < -0.3 is 19.7 Å². The second kappa shape index (κ2) is 12.5. The Hall–Kier alpha value is -2.25. The summed E-state index contributed by atoms with van der Waals surface area (Å²) in [6.45, 7) is 6.96. The third kappa shape index (κ3) is 7.69. The van der Waals surface area contributed by atoms with Crippen LogP contribution in [0.3, 0.4) is 0 Å². The molecule has 0 aromatic rings. The predicted octanol–water partition coefficient (Wildman–Crippen LogP) is 0.405. The minimum Gasteiger partial charge on any atom is -0.469 e. The van der Waals surface area contributed by atoms with Gasteiger partial charge in [-0.2, -0.15) is 4.31 Å². The molecule has 2 aliphatic heterocycles. The molecule has 1 aliphatic carbocycles. The van der Waals surface area contributed by atoms with Gasteiger partial charge in [-0.1, -0.05) is 19.3 Å². The zero-order valence-electron chi connectivity index (χ0n) is 23.9. The van der Waals surface area contributed by atoms with E-state index in [1.807, 2.05) is 0 Å². The molecule has 2 heterocycles. The number of sulfonamides is 1. The maximum absolute atomic E-state index is 14.1. The topological polar surface area (TPSA) is 151 Å². The van der Waals surface area contributed by atoms with E-state index in [9.17, 15) is 27.6 Å². The zero-order chi connectivity index (χ0) is 29.1. The molecule has 0 aromatic heterocycles. The summed E-state index contributed by atoms with van der Waals surface area (Å²) in [7, 11) is -2.36. The Kier molecular flexibility index (Phi) is 10.0.